The highest BCUT2D eigenvalue weighted by Crippen LogP contribution is 2.17. The van der Waals surface area contributed by atoms with Crippen LogP contribution in [0.1, 0.15) is 6.92 Å². The minimum absolute atomic E-state index is 0.0527. The van der Waals surface area contributed by atoms with Crippen LogP contribution in [0.3, 0.4) is 0 Å². The summed E-state index contributed by atoms with van der Waals surface area (Å²) in [5.41, 5.74) is 0.672. The fraction of sp³-hybridized carbons (Fsp3) is 0.417. The highest BCUT2D eigenvalue weighted by Gasteiger charge is 2.07. The van der Waals surface area contributed by atoms with E-state index in [2.05, 4.69) is 5.32 Å². The van der Waals surface area contributed by atoms with E-state index in [1.54, 1.807) is 19.2 Å². The molecule has 0 aromatic heterocycles. The first kappa shape index (κ1) is 13.3. The number of likely N-dealkylation sites (N-methyl/N-ethyl adjacent to an activating group) is 1. The third-order valence-electron chi connectivity index (χ3n) is 2.18. The van der Waals surface area contributed by atoms with Crippen LogP contribution in [0.4, 0.5) is 10.5 Å². The lowest BCUT2D eigenvalue weighted by Gasteiger charge is -2.16. The third-order valence-corrected chi connectivity index (χ3v) is 2.18. The molecule has 1 rings (SSSR count). The fourth-order valence-electron chi connectivity index (χ4n) is 1.30. The number of nitrogens with zero attached hydrogens (tertiary/aromatic N) is 1. The second kappa shape index (κ2) is 6.75. The van der Waals surface area contributed by atoms with Crippen LogP contribution in [0.5, 0.6) is 5.75 Å². The maximum Gasteiger partial charge on any atom is 0.321 e. The smallest absolute Gasteiger partial charge is 0.321 e. The molecule has 0 aliphatic carbocycles. The summed E-state index contributed by atoms with van der Waals surface area (Å²) in [6, 6.07) is 6.93. The third kappa shape index (κ3) is 4.32. The number of nitrogens with one attached hydrogen (secondary N) is 1. The summed E-state index contributed by atoms with van der Waals surface area (Å²) < 4.78 is 5.33. The van der Waals surface area contributed by atoms with Crippen LogP contribution in [-0.2, 0) is 0 Å². The van der Waals surface area contributed by atoms with Gasteiger partial charge in [0.25, 0.3) is 0 Å². The summed E-state index contributed by atoms with van der Waals surface area (Å²) >= 11 is 0. The number of anilines is 1. The van der Waals surface area contributed by atoms with Crippen LogP contribution >= 0.6 is 0 Å². The number of carbonyl (C=O) groups excluding carboxylic acids is 1. The van der Waals surface area contributed by atoms with Crippen LogP contribution in [0.25, 0.3) is 0 Å². The number of aliphatic hydroxyl groups is 1. The molecule has 5 nitrogen and oxygen atoms in total. The van der Waals surface area contributed by atoms with Gasteiger partial charge < -0.3 is 20.1 Å². The molecule has 0 fully saturated rings. The van der Waals surface area contributed by atoms with Gasteiger partial charge in [0.15, 0.2) is 0 Å². The van der Waals surface area contributed by atoms with E-state index in [4.69, 9.17) is 9.84 Å². The Hall–Kier alpha value is -1.75. The maximum absolute atomic E-state index is 11.6. The van der Waals surface area contributed by atoms with Gasteiger partial charge in [-0.3, -0.25) is 0 Å². The zero-order valence-corrected chi connectivity index (χ0v) is 10.1. The zero-order valence-electron chi connectivity index (χ0n) is 10.1. The average Bonchev–Trinajstić information content (AvgIpc) is 2.30. The van der Waals surface area contributed by atoms with Crippen LogP contribution in [0, 0.1) is 0 Å². The van der Waals surface area contributed by atoms with E-state index in [-0.39, 0.29) is 12.6 Å². The first-order valence-electron chi connectivity index (χ1n) is 5.53. The molecule has 0 bridgehead atoms. The summed E-state index contributed by atoms with van der Waals surface area (Å²) in [5.74, 6) is 0.718. The summed E-state index contributed by atoms with van der Waals surface area (Å²) in [4.78, 5) is 13.0. The van der Waals surface area contributed by atoms with Gasteiger partial charge >= 0.3 is 6.03 Å². The van der Waals surface area contributed by atoms with E-state index in [9.17, 15) is 4.79 Å². The summed E-state index contributed by atoms with van der Waals surface area (Å²) in [6.07, 6.45) is 0. The van der Waals surface area contributed by atoms with E-state index in [0.29, 0.717) is 18.8 Å². The maximum atomic E-state index is 11.6. The Morgan fingerprint density at radius 2 is 2.29 bits per heavy atom. The highest BCUT2D eigenvalue weighted by molar-refractivity contribution is 5.89. The van der Waals surface area contributed by atoms with Crippen molar-refractivity contribution in [2.45, 2.75) is 6.92 Å². The van der Waals surface area contributed by atoms with Crippen LogP contribution in [0.15, 0.2) is 24.3 Å². The van der Waals surface area contributed by atoms with Gasteiger partial charge in [-0.25, -0.2) is 4.79 Å². The molecule has 2 amide bonds. The number of carbonyl (C=O) groups is 1. The molecule has 1 aromatic rings. The Morgan fingerprint density at radius 1 is 1.53 bits per heavy atom. The highest BCUT2D eigenvalue weighted by atomic mass is 16.5. The van der Waals surface area contributed by atoms with Crippen molar-refractivity contribution in [3.8, 4) is 5.75 Å². The molecule has 0 atom stereocenters. The first-order valence-corrected chi connectivity index (χ1v) is 5.53. The molecule has 17 heavy (non-hydrogen) atoms. The van der Waals surface area contributed by atoms with Crippen molar-refractivity contribution in [1.29, 1.82) is 0 Å². The number of aliphatic hydroxyl groups excluding tert-OH is 1. The molecule has 5 heteroatoms. The van der Waals surface area contributed by atoms with E-state index >= 15 is 0 Å². The van der Waals surface area contributed by atoms with E-state index in [0.717, 1.165) is 5.75 Å². The molecule has 0 spiro atoms. The topological polar surface area (TPSA) is 61.8 Å². The molecule has 0 unspecified atom stereocenters. The van der Waals surface area contributed by atoms with Crippen molar-refractivity contribution in [1.82, 2.24) is 4.90 Å². The van der Waals surface area contributed by atoms with Crippen molar-refractivity contribution >= 4 is 11.7 Å². The Labute approximate surface area is 101 Å². The molecule has 0 saturated heterocycles. The van der Waals surface area contributed by atoms with Gasteiger partial charge in [-0.05, 0) is 19.1 Å². The van der Waals surface area contributed by atoms with Crippen molar-refractivity contribution < 1.29 is 14.6 Å². The summed E-state index contributed by atoms with van der Waals surface area (Å²) in [6.45, 7) is 2.74. The van der Waals surface area contributed by atoms with Gasteiger partial charge in [0, 0.05) is 25.3 Å². The summed E-state index contributed by atoms with van der Waals surface area (Å²) in [5, 5.41) is 11.4. The van der Waals surface area contributed by atoms with Gasteiger partial charge in [0.05, 0.1) is 13.2 Å². The molecule has 0 saturated carbocycles. The predicted molar refractivity (Wildman–Crippen MR) is 66.3 cm³/mol. The van der Waals surface area contributed by atoms with E-state index in [1.807, 2.05) is 19.1 Å². The number of hydrogen-bond acceptors (Lipinski definition) is 3. The number of urea groups is 1. The standard InChI is InChI=1S/C12H18N2O3/c1-3-17-11-6-4-5-10(9-11)13-12(16)14(2)7-8-15/h4-6,9,15H,3,7-8H2,1-2H3,(H,13,16). The Balaban J connectivity index is 2.61. The first-order chi connectivity index (χ1) is 8.17. The van der Waals surface area contributed by atoms with Crippen molar-refractivity contribution in [2.24, 2.45) is 0 Å². The lowest BCUT2D eigenvalue weighted by atomic mass is 10.3. The van der Waals surface area contributed by atoms with Crippen LogP contribution in [-0.4, -0.2) is 42.8 Å². The van der Waals surface area contributed by atoms with E-state index in [1.165, 1.54) is 4.90 Å². The largest absolute Gasteiger partial charge is 0.494 e. The number of benzene rings is 1. The SMILES string of the molecule is CCOc1cccc(NC(=O)N(C)CCO)c1. The normalized spacial score (nSPS) is 9.82. The molecular weight excluding hydrogens is 220 g/mol. The quantitative estimate of drug-likeness (QED) is 0.818. The molecule has 0 aliphatic rings. The van der Waals surface area contributed by atoms with Crippen molar-refractivity contribution in [3.05, 3.63) is 24.3 Å². The number of rotatable bonds is 5. The lowest BCUT2D eigenvalue weighted by Crippen LogP contribution is -2.33. The van der Waals surface area contributed by atoms with E-state index < -0.39 is 0 Å². The monoisotopic (exact) mass is 238 g/mol. The predicted octanol–water partition coefficient (Wildman–Crippen LogP) is 1.54. The second-order valence-corrected chi connectivity index (χ2v) is 3.54. The van der Waals surface area contributed by atoms with Gasteiger partial charge in [0.1, 0.15) is 5.75 Å². The number of amides is 2. The zero-order chi connectivity index (χ0) is 12.7. The molecule has 0 heterocycles. The molecule has 1 aromatic carbocycles. The Morgan fingerprint density at radius 3 is 2.94 bits per heavy atom. The van der Waals surface area contributed by atoms with Crippen molar-refractivity contribution in [2.75, 3.05) is 32.1 Å². The molecule has 0 radical (unpaired) electrons. The van der Waals surface area contributed by atoms with Gasteiger partial charge in [-0.2, -0.15) is 0 Å². The van der Waals surface area contributed by atoms with Crippen LogP contribution < -0.4 is 10.1 Å². The van der Waals surface area contributed by atoms with Gasteiger partial charge in [0.2, 0.25) is 0 Å². The number of ether oxygens (including phenoxy) is 1. The minimum atomic E-state index is -0.257. The molecular formula is C12H18N2O3. The lowest BCUT2D eigenvalue weighted by molar-refractivity contribution is 0.202. The van der Waals surface area contributed by atoms with Gasteiger partial charge in [-0.15, -0.1) is 0 Å². The summed E-state index contributed by atoms with van der Waals surface area (Å²) in [7, 11) is 1.62. The minimum Gasteiger partial charge on any atom is -0.494 e. The molecule has 0 aliphatic heterocycles. The second-order valence-electron chi connectivity index (χ2n) is 3.54. The number of hydrogen-bond donors (Lipinski definition) is 2. The Bertz CT molecular complexity index is 369. The van der Waals surface area contributed by atoms with Crippen LogP contribution in [0.2, 0.25) is 0 Å². The van der Waals surface area contributed by atoms with Gasteiger partial charge in [-0.1, -0.05) is 6.07 Å². The Kier molecular flexibility index (Phi) is 5.29. The molecule has 2 N–H and O–H groups in total. The fourth-order valence-corrected chi connectivity index (χ4v) is 1.30. The van der Waals surface area contributed by atoms with Crippen molar-refractivity contribution in [3.63, 3.8) is 0 Å². The molecule has 94 valence electrons. The average molecular weight is 238 g/mol.